The van der Waals surface area contributed by atoms with Gasteiger partial charge in [-0.3, -0.25) is 0 Å². The van der Waals surface area contributed by atoms with E-state index in [0.717, 1.165) is 30.9 Å². The van der Waals surface area contributed by atoms with Crippen LogP contribution in [0.4, 0.5) is 0 Å². The number of methoxy groups -OCH3 is 2. The van der Waals surface area contributed by atoms with E-state index in [1.54, 1.807) is 38.5 Å². The third-order valence-corrected chi connectivity index (χ3v) is 7.56. The van der Waals surface area contributed by atoms with E-state index in [4.69, 9.17) is 21.1 Å². The molecule has 2 aromatic carbocycles. The number of rotatable bonds is 6. The fourth-order valence-corrected chi connectivity index (χ4v) is 5.43. The second-order valence-electron chi connectivity index (χ2n) is 6.89. The Morgan fingerprint density at radius 2 is 1.68 bits per heavy atom. The first-order valence-electron chi connectivity index (χ1n) is 9.16. The number of piperazine rings is 1. The van der Waals surface area contributed by atoms with Crippen LogP contribution in [0.1, 0.15) is 11.1 Å². The Labute approximate surface area is 171 Å². The van der Waals surface area contributed by atoms with Crippen molar-refractivity contribution >= 4 is 21.6 Å². The maximum Gasteiger partial charge on any atom is 0.244 e. The molecule has 1 saturated heterocycles. The summed E-state index contributed by atoms with van der Waals surface area (Å²) in [5.41, 5.74) is 2.31. The van der Waals surface area contributed by atoms with Gasteiger partial charge in [-0.15, -0.1) is 0 Å². The van der Waals surface area contributed by atoms with Gasteiger partial charge in [0.2, 0.25) is 10.0 Å². The molecule has 0 amide bonds. The quantitative estimate of drug-likeness (QED) is 0.766. The minimum atomic E-state index is -3.57. The van der Waals surface area contributed by atoms with Crippen LogP contribution >= 0.6 is 11.6 Å². The van der Waals surface area contributed by atoms with E-state index in [9.17, 15) is 8.42 Å². The van der Waals surface area contributed by atoms with Gasteiger partial charge in [0.1, 0.15) is 11.4 Å². The van der Waals surface area contributed by atoms with Gasteiger partial charge in [-0.1, -0.05) is 23.7 Å². The first-order valence-corrected chi connectivity index (χ1v) is 11.0. The van der Waals surface area contributed by atoms with E-state index >= 15 is 0 Å². The van der Waals surface area contributed by atoms with Gasteiger partial charge in [0.05, 0.1) is 45.4 Å². The standard InChI is InChI=1S/C20H25ClN2O4S/c1-15-12-18(26-2)19(27-3)13-16(15)14-22-8-10-23(11-9-22)28(24,25)20-7-5-4-6-17(20)21/h4-7,12-13H,8-11,14H2,1-3H3/p+1. The van der Waals surface area contributed by atoms with Crippen molar-refractivity contribution in [2.75, 3.05) is 40.4 Å². The van der Waals surface area contributed by atoms with Crippen LogP contribution in [0.5, 0.6) is 11.5 Å². The molecule has 1 aliphatic heterocycles. The van der Waals surface area contributed by atoms with E-state index < -0.39 is 10.0 Å². The monoisotopic (exact) mass is 425 g/mol. The smallest absolute Gasteiger partial charge is 0.244 e. The zero-order valence-electron chi connectivity index (χ0n) is 16.4. The molecule has 0 saturated carbocycles. The number of hydrogen-bond donors (Lipinski definition) is 1. The van der Waals surface area contributed by atoms with Crippen molar-refractivity contribution in [1.29, 1.82) is 0 Å². The number of benzene rings is 2. The minimum Gasteiger partial charge on any atom is -0.493 e. The Balaban J connectivity index is 1.69. The van der Waals surface area contributed by atoms with Crippen LogP contribution in [-0.4, -0.2) is 53.1 Å². The Kier molecular flexibility index (Phi) is 6.50. The number of sulfonamides is 1. The summed E-state index contributed by atoms with van der Waals surface area (Å²) in [5, 5.41) is 0.262. The van der Waals surface area contributed by atoms with Gasteiger partial charge in [-0.05, 0) is 36.8 Å². The molecule has 0 atom stereocenters. The maximum atomic E-state index is 12.9. The van der Waals surface area contributed by atoms with E-state index in [-0.39, 0.29) is 9.92 Å². The SMILES string of the molecule is COc1cc(C)c(C[NH+]2CCN(S(=O)(=O)c3ccccc3Cl)CC2)cc1OC. The predicted octanol–water partition coefficient (Wildman–Crippen LogP) is 1.76. The zero-order chi connectivity index (χ0) is 20.3. The van der Waals surface area contributed by atoms with E-state index in [0.29, 0.717) is 18.8 Å². The van der Waals surface area contributed by atoms with E-state index in [1.807, 2.05) is 12.1 Å². The van der Waals surface area contributed by atoms with Crippen molar-refractivity contribution in [1.82, 2.24) is 4.31 Å². The van der Waals surface area contributed by atoms with Crippen LogP contribution in [0.15, 0.2) is 41.3 Å². The molecule has 1 N–H and O–H groups in total. The maximum absolute atomic E-state index is 12.9. The zero-order valence-corrected chi connectivity index (χ0v) is 17.9. The van der Waals surface area contributed by atoms with Crippen LogP contribution < -0.4 is 14.4 Å². The van der Waals surface area contributed by atoms with E-state index in [2.05, 4.69) is 6.92 Å². The first kappa shape index (κ1) is 20.9. The molecular weight excluding hydrogens is 400 g/mol. The molecule has 0 aromatic heterocycles. The number of nitrogens with zero attached hydrogens (tertiary/aromatic N) is 1. The summed E-state index contributed by atoms with van der Waals surface area (Å²) in [6.07, 6.45) is 0. The minimum absolute atomic E-state index is 0.177. The molecule has 0 spiro atoms. The molecule has 152 valence electrons. The van der Waals surface area contributed by atoms with Crippen LogP contribution in [0.2, 0.25) is 5.02 Å². The fourth-order valence-electron chi connectivity index (χ4n) is 3.50. The van der Waals surface area contributed by atoms with Crippen molar-refractivity contribution < 1.29 is 22.8 Å². The number of quaternary nitrogens is 1. The highest BCUT2D eigenvalue weighted by molar-refractivity contribution is 7.89. The Bertz CT molecular complexity index is 941. The highest BCUT2D eigenvalue weighted by atomic mass is 35.5. The molecule has 0 aliphatic carbocycles. The number of ether oxygens (including phenoxy) is 2. The van der Waals surface area contributed by atoms with E-state index in [1.165, 1.54) is 14.8 Å². The number of hydrogen-bond acceptors (Lipinski definition) is 4. The van der Waals surface area contributed by atoms with Gasteiger partial charge < -0.3 is 14.4 Å². The summed E-state index contributed by atoms with van der Waals surface area (Å²) in [7, 11) is -0.312. The van der Waals surface area contributed by atoms with Crippen LogP contribution in [0, 0.1) is 6.92 Å². The molecular formula is C20H26ClN2O4S+. The molecule has 2 aromatic rings. The molecule has 0 bridgehead atoms. The average molecular weight is 426 g/mol. The molecule has 1 aliphatic rings. The summed E-state index contributed by atoms with van der Waals surface area (Å²) in [4.78, 5) is 1.51. The normalized spacial score (nSPS) is 16.1. The molecule has 8 heteroatoms. The number of halogens is 1. The summed E-state index contributed by atoms with van der Waals surface area (Å²) < 4.78 is 38.1. The number of aryl methyl sites for hydroxylation is 1. The lowest BCUT2D eigenvalue weighted by atomic mass is 10.1. The predicted molar refractivity (Wildman–Crippen MR) is 109 cm³/mol. The van der Waals surface area contributed by atoms with Crippen molar-refractivity contribution in [3.05, 3.63) is 52.5 Å². The molecule has 0 radical (unpaired) electrons. The average Bonchev–Trinajstić information content (AvgIpc) is 2.69. The molecule has 1 heterocycles. The third-order valence-electron chi connectivity index (χ3n) is 5.17. The molecule has 28 heavy (non-hydrogen) atoms. The van der Waals surface area contributed by atoms with Gasteiger partial charge >= 0.3 is 0 Å². The van der Waals surface area contributed by atoms with Gasteiger partial charge in [0.15, 0.2) is 11.5 Å². The third kappa shape index (κ3) is 4.27. The van der Waals surface area contributed by atoms with Gasteiger partial charge in [0.25, 0.3) is 0 Å². The lowest BCUT2D eigenvalue weighted by molar-refractivity contribution is -0.917. The van der Waals surface area contributed by atoms with Crippen molar-refractivity contribution in [3.63, 3.8) is 0 Å². The van der Waals surface area contributed by atoms with Crippen molar-refractivity contribution in [2.45, 2.75) is 18.4 Å². The molecule has 1 fully saturated rings. The highest BCUT2D eigenvalue weighted by Gasteiger charge is 2.31. The summed E-state index contributed by atoms with van der Waals surface area (Å²) in [5.74, 6) is 1.43. The molecule has 3 rings (SSSR count). The molecule has 6 nitrogen and oxygen atoms in total. The first-order chi connectivity index (χ1) is 13.4. The van der Waals surface area contributed by atoms with Gasteiger partial charge in [-0.25, -0.2) is 8.42 Å². The van der Waals surface area contributed by atoms with Crippen LogP contribution in [-0.2, 0) is 16.6 Å². The fraction of sp³-hybridized carbons (Fsp3) is 0.400. The van der Waals surface area contributed by atoms with Gasteiger partial charge in [0, 0.05) is 5.56 Å². The highest BCUT2D eigenvalue weighted by Crippen LogP contribution is 2.30. The Morgan fingerprint density at radius 1 is 1.07 bits per heavy atom. The topological polar surface area (TPSA) is 60.3 Å². The largest absolute Gasteiger partial charge is 0.493 e. The molecule has 0 unspecified atom stereocenters. The Hall–Kier alpha value is -1.80. The summed E-state index contributed by atoms with van der Waals surface area (Å²) in [6.45, 7) is 5.26. The lowest BCUT2D eigenvalue weighted by Crippen LogP contribution is -3.13. The second kappa shape index (κ2) is 8.69. The van der Waals surface area contributed by atoms with Crippen LogP contribution in [0.25, 0.3) is 0 Å². The summed E-state index contributed by atoms with van der Waals surface area (Å²) >= 11 is 6.10. The van der Waals surface area contributed by atoms with Crippen LogP contribution in [0.3, 0.4) is 0 Å². The van der Waals surface area contributed by atoms with Crippen molar-refractivity contribution in [3.8, 4) is 11.5 Å². The second-order valence-corrected chi connectivity index (χ2v) is 9.21. The number of nitrogens with one attached hydrogen (secondary N) is 1. The Morgan fingerprint density at radius 3 is 2.29 bits per heavy atom. The van der Waals surface area contributed by atoms with Crippen molar-refractivity contribution in [2.24, 2.45) is 0 Å². The summed E-state index contributed by atoms with van der Waals surface area (Å²) in [6, 6.07) is 10.6. The van der Waals surface area contributed by atoms with Gasteiger partial charge in [-0.2, -0.15) is 4.31 Å². The lowest BCUT2D eigenvalue weighted by Gasteiger charge is -2.32.